The molecule has 0 aliphatic carbocycles. The summed E-state index contributed by atoms with van der Waals surface area (Å²) in [5, 5.41) is 4.00. The van der Waals surface area contributed by atoms with Crippen LogP contribution in [0.4, 0.5) is 5.69 Å². The van der Waals surface area contributed by atoms with E-state index in [0.29, 0.717) is 24.0 Å². The van der Waals surface area contributed by atoms with Crippen LogP contribution in [-0.4, -0.2) is 22.9 Å². The van der Waals surface area contributed by atoms with Crippen LogP contribution in [-0.2, 0) is 4.74 Å². The van der Waals surface area contributed by atoms with Crippen molar-refractivity contribution in [2.24, 2.45) is 0 Å². The average Bonchev–Trinajstić information content (AvgIpc) is 2.98. The van der Waals surface area contributed by atoms with Crippen molar-refractivity contribution < 1.29 is 9.26 Å². The molecule has 1 aromatic heterocycles. The Balaban J connectivity index is 1.88. The molecule has 1 aliphatic rings. The molecule has 2 aromatic rings. The molecule has 1 fully saturated rings. The number of ether oxygens (including phenoxy) is 1. The third kappa shape index (κ3) is 1.97. The third-order valence-electron chi connectivity index (χ3n) is 3.19. The molecule has 2 N–H and O–H groups in total. The maximum atomic E-state index is 5.89. The van der Waals surface area contributed by atoms with Crippen molar-refractivity contribution in [1.82, 2.24) is 10.1 Å². The van der Waals surface area contributed by atoms with Crippen molar-refractivity contribution >= 4 is 5.69 Å². The van der Waals surface area contributed by atoms with Crippen LogP contribution in [0.1, 0.15) is 25.2 Å². The molecule has 2 heterocycles. The van der Waals surface area contributed by atoms with E-state index in [1.807, 2.05) is 31.2 Å². The molecule has 94 valence electrons. The standard InChI is InChI=1S/C13H15N3O2/c1-8-6-9(7-17-8)13-15-12(16-18-13)10-4-2-3-5-11(10)14/h2-5,8-9H,6-7,14H2,1H3. The van der Waals surface area contributed by atoms with Crippen LogP contribution in [0.25, 0.3) is 11.4 Å². The van der Waals surface area contributed by atoms with Crippen molar-refractivity contribution in [2.45, 2.75) is 25.4 Å². The molecule has 2 unspecified atom stereocenters. The molecule has 0 radical (unpaired) electrons. The fourth-order valence-electron chi connectivity index (χ4n) is 2.20. The van der Waals surface area contributed by atoms with Gasteiger partial charge in [0, 0.05) is 11.3 Å². The Morgan fingerprint density at radius 3 is 2.89 bits per heavy atom. The largest absolute Gasteiger partial charge is 0.398 e. The topological polar surface area (TPSA) is 74.2 Å². The molecule has 1 aromatic carbocycles. The maximum absolute atomic E-state index is 5.89. The van der Waals surface area contributed by atoms with Crippen LogP contribution in [0, 0.1) is 0 Å². The Hall–Kier alpha value is -1.88. The zero-order valence-corrected chi connectivity index (χ0v) is 10.2. The van der Waals surface area contributed by atoms with Gasteiger partial charge in [-0.05, 0) is 25.5 Å². The molecule has 1 aliphatic heterocycles. The molecule has 3 rings (SSSR count). The molecule has 0 spiro atoms. The summed E-state index contributed by atoms with van der Waals surface area (Å²) < 4.78 is 10.8. The highest BCUT2D eigenvalue weighted by Gasteiger charge is 2.28. The van der Waals surface area contributed by atoms with Crippen LogP contribution in [0.2, 0.25) is 0 Å². The Bertz CT molecular complexity index is 553. The lowest BCUT2D eigenvalue weighted by Gasteiger charge is -1.99. The highest BCUT2D eigenvalue weighted by Crippen LogP contribution is 2.30. The van der Waals surface area contributed by atoms with Crippen molar-refractivity contribution in [2.75, 3.05) is 12.3 Å². The number of nitrogens with zero attached hydrogens (tertiary/aromatic N) is 2. The van der Waals surface area contributed by atoms with E-state index in [2.05, 4.69) is 10.1 Å². The first-order valence-electron chi connectivity index (χ1n) is 6.04. The smallest absolute Gasteiger partial charge is 0.232 e. The van der Waals surface area contributed by atoms with Crippen LogP contribution in [0.3, 0.4) is 0 Å². The quantitative estimate of drug-likeness (QED) is 0.821. The fourth-order valence-corrected chi connectivity index (χ4v) is 2.20. The highest BCUT2D eigenvalue weighted by atomic mass is 16.5. The maximum Gasteiger partial charge on any atom is 0.232 e. The van der Waals surface area contributed by atoms with E-state index >= 15 is 0 Å². The van der Waals surface area contributed by atoms with Gasteiger partial charge < -0.3 is 15.0 Å². The first kappa shape index (κ1) is 11.2. The Kier molecular flexibility index (Phi) is 2.76. The lowest BCUT2D eigenvalue weighted by atomic mass is 10.1. The summed E-state index contributed by atoms with van der Waals surface area (Å²) >= 11 is 0. The van der Waals surface area contributed by atoms with Crippen molar-refractivity contribution in [3.63, 3.8) is 0 Å². The number of hydrogen-bond donors (Lipinski definition) is 1. The molecule has 0 saturated carbocycles. The molecule has 5 nitrogen and oxygen atoms in total. The van der Waals surface area contributed by atoms with E-state index < -0.39 is 0 Å². The second-order valence-electron chi connectivity index (χ2n) is 4.62. The summed E-state index contributed by atoms with van der Waals surface area (Å²) in [4.78, 5) is 4.42. The lowest BCUT2D eigenvalue weighted by molar-refractivity contribution is 0.122. The Morgan fingerprint density at radius 1 is 1.33 bits per heavy atom. The number of anilines is 1. The van der Waals surface area contributed by atoms with Crippen LogP contribution < -0.4 is 5.73 Å². The molecule has 1 saturated heterocycles. The van der Waals surface area contributed by atoms with Crippen molar-refractivity contribution in [3.05, 3.63) is 30.2 Å². The number of rotatable bonds is 2. The second kappa shape index (κ2) is 4.42. The van der Waals surface area contributed by atoms with Gasteiger partial charge in [-0.3, -0.25) is 0 Å². The number of nitrogen functional groups attached to an aromatic ring is 1. The second-order valence-corrected chi connectivity index (χ2v) is 4.62. The third-order valence-corrected chi connectivity index (χ3v) is 3.19. The molecule has 0 bridgehead atoms. The van der Waals surface area contributed by atoms with E-state index in [1.165, 1.54) is 0 Å². The lowest BCUT2D eigenvalue weighted by Crippen LogP contribution is -1.98. The van der Waals surface area contributed by atoms with Gasteiger partial charge in [0.15, 0.2) is 0 Å². The molecule has 2 atom stereocenters. The Morgan fingerprint density at radius 2 is 2.17 bits per heavy atom. The number of benzene rings is 1. The normalized spacial score (nSPS) is 23.4. The van der Waals surface area contributed by atoms with Gasteiger partial charge in [-0.25, -0.2) is 0 Å². The zero-order valence-electron chi connectivity index (χ0n) is 10.2. The molecular formula is C13H15N3O2. The molecule has 0 amide bonds. The van der Waals surface area contributed by atoms with Gasteiger partial charge in [0.1, 0.15) is 0 Å². The molecule has 18 heavy (non-hydrogen) atoms. The minimum Gasteiger partial charge on any atom is -0.398 e. The SMILES string of the molecule is CC1CC(c2nc(-c3ccccc3N)no2)CO1. The summed E-state index contributed by atoms with van der Waals surface area (Å²) in [6.45, 7) is 2.69. The van der Waals surface area contributed by atoms with E-state index in [4.69, 9.17) is 15.0 Å². The first-order chi connectivity index (χ1) is 8.74. The minimum atomic E-state index is 0.200. The highest BCUT2D eigenvalue weighted by molar-refractivity contribution is 5.70. The Labute approximate surface area is 105 Å². The summed E-state index contributed by atoms with van der Waals surface area (Å²) in [5.74, 6) is 1.38. The van der Waals surface area contributed by atoms with Gasteiger partial charge in [0.05, 0.1) is 18.6 Å². The molecule has 5 heteroatoms. The number of aromatic nitrogens is 2. The summed E-state index contributed by atoms with van der Waals surface area (Å²) in [7, 11) is 0. The van der Waals surface area contributed by atoms with Crippen LogP contribution in [0.15, 0.2) is 28.8 Å². The van der Waals surface area contributed by atoms with Crippen LogP contribution >= 0.6 is 0 Å². The number of hydrogen-bond acceptors (Lipinski definition) is 5. The van der Waals surface area contributed by atoms with E-state index in [0.717, 1.165) is 12.0 Å². The van der Waals surface area contributed by atoms with Gasteiger partial charge in [0.25, 0.3) is 0 Å². The zero-order chi connectivity index (χ0) is 12.5. The van der Waals surface area contributed by atoms with Gasteiger partial charge in [-0.2, -0.15) is 4.98 Å². The predicted molar refractivity (Wildman–Crippen MR) is 66.9 cm³/mol. The average molecular weight is 245 g/mol. The monoisotopic (exact) mass is 245 g/mol. The van der Waals surface area contributed by atoms with Gasteiger partial charge >= 0.3 is 0 Å². The number of nitrogens with two attached hydrogens (primary N) is 1. The predicted octanol–water partition coefficient (Wildman–Crippen LogP) is 2.21. The van der Waals surface area contributed by atoms with Gasteiger partial charge in [-0.1, -0.05) is 17.3 Å². The van der Waals surface area contributed by atoms with Crippen molar-refractivity contribution in [3.8, 4) is 11.4 Å². The summed E-state index contributed by atoms with van der Waals surface area (Å²) in [5.41, 5.74) is 7.35. The summed E-state index contributed by atoms with van der Waals surface area (Å²) in [6.07, 6.45) is 1.18. The summed E-state index contributed by atoms with van der Waals surface area (Å²) in [6, 6.07) is 7.50. The van der Waals surface area contributed by atoms with Crippen molar-refractivity contribution in [1.29, 1.82) is 0 Å². The van der Waals surface area contributed by atoms with E-state index in [1.54, 1.807) is 0 Å². The first-order valence-corrected chi connectivity index (χ1v) is 6.04. The van der Waals surface area contributed by atoms with Gasteiger partial charge in [-0.15, -0.1) is 0 Å². The fraction of sp³-hybridized carbons (Fsp3) is 0.385. The van der Waals surface area contributed by atoms with E-state index in [-0.39, 0.29) is 12.0 Å². The van der Waals surface area contributed by atoms with E-state index in [9.17, 15) is 0 Å². The van der Waals surface area contributed by atoms with Crippen LogP contribution in [0.5, 0.6) is 0 Å². The number of para-hydroxylation sites is 1. The minimum absolute atomic E-state index is 0.200. The van der Waals surface area contributed by atoms with Gasteiger partial charge in [0.2, 0.25) is 11.7 Å². The molecular weight excluding hydrogens is 230 g/mol.